The minimum absolute atomic E-state index is 0. The molecule has 0 aromatic carbocycles. The first-order valence-electron chi connectivity index (χ1n) is 8.99. The molecule has 2 rings (SSSR count). The number of aliphatic imine (C=N–C) groups is 1. The van der Waals surface area contributed by atoms with Crippen LogP contribution in [-0.4, -0.2) is 79.0 Å². The zero-order valence-corrected chi connectivity index (χ0v) is 19.1. The molecule has 148 valence electrons. The number of aryl methyl sites for hydroxylation is 1. The Bertz CT molecular complexity index is 571. The number of thiazole rings is 1. The Hall–Kier alpha value is -0.940. The Morgan fingerprint density at radius 1 is 1.31 bits per heavy atom. The molecule has 0 unspecified atom stereocenters. The van der Waals surface area contributed by atoms with Gasteiger partial charge in [0.25, 0.3) is 0 Å². The summed E-state index contributed by atoms with van der Waals surface area (Å²) in [6, 6.07) is 0. The van der Waals surface area contributed by atoms with Crippen LogP contribution in [0.5, 0.6) is 0 Å². The molecular weight excluding hydrogens is 463 g/mol. The molecule has 0 spiro atoms. The maximum atomic E-state index is 11.4. The van der Waals surface area contributed by atoms with E-state index in [1.165, 1.54) is 0 Å². The zero-order valence-electron chi connectivity index (χ0n) is 16.0. The van der Waals surface area contributed by atoms with E-state index in [-0.39, 0.29) is 29.9 Å². The van der Waals surface area contributed by atoms with Gasteiger partial charge in [-0.05, 0) is 13.8 Å². The second kappa shape index (κ2) is 12.4. The van der Waals surface area contributed by atoms with Crippen LogP contribution in [0.25, 0.3) is 0 Å². The lowest BCUT2D eigenvalue weighted by Gasteiger charge is -2.33. The standard InChI is InChI=1S/C17H30N6OS.HI/c1-4-18-17(19-6-5-16-13-25-14(2)21-16)20-7-8-22-9-11-23(12-10-22)15(3)24;/h13H,4-12H2,1-3H3,(H2,18,19,20);1H. The predicted octanol–water partition coefficient (Wildman–Crippen LogP) is 1.33. The van der Waals surface area contributed by atoms with Crippen molar-refractivity contribution in [2.75, 3.05) is 52.4 Å². The summed E-state index contributed by atoms with van der Waals surface area (Å²) in [5.74, 6) is 1.03. The number of rotatable bonds is 7. The first-order valence-corrected chi connectivity index (χ1v) is 9.87. The minimum atomic E-state index is 0. The summed E-state index contributed by atoms with van der Waals surface area (Å²) in [5.41, 5.74) is 1.13. The summed E-state index contributed by atoms with van der Waals surface area (Å²) in [7, 11) is 0. The molecule has 9 heteroatoms. The van der Waals surface area contributed by atoms with Crippen LogP contribution in [0.3, 0.4) is 0 Å². The second-order valence-electron chi connectivity index (χ2n) is 6.14. The molecule has 0 saturated carbocycles. The number of aromatic nitrogens is 1. The molecule has 0 atom stereocenters. The van der Waals surface area contributed by atoms with E-state index in [0.717, 1.165) is 75.4 Å². The number of carbonyl (C=O) groups is 1. The quantitative estimate of drug-likeness (QED) is 0.340. The highest BCUT2D eigenvalue weighted by molar-refractivity contribution is 14.0. The Balaban J connectivity index is 0.00000338. The molecule has 1 aliphatic rings. The number of hydrogen-bond acceptors (Lipinski definition) is 5. The van der Waals surface area contributed by atoms with Crippen LogP contribution in [0.1, 0.15) is 24.5 Å². The van der Waals surface area contributed by atoms with Gasteiger partial charge in [-0.3, -0.25) is 14.7 Å². The molecule has 26 heavy (non-hydrogen) atoms. The van der Waals surface area contributed by atoms with Crippen molar-refractivity contribution in [2.24, 2.45) is 4.99 Å². The molecule has 1 aromatic heterocycles. The number of amides is 1. The van der Waals surface area contributed by atoms with Crippen LogP contribution in [-0.2, 0) is 11.2 Å². The Morgan fingerprint density at radius 3 is 2.62 bits per heavy atom. The lowest BCUT2D eigenvalue weighted by molar-refractivity contribution is -0.130. The highest BCUT2D eigenvalue weighted by Gasteiger charge is 2.17. The molecule has 1 saturated heterocycles. The van der Waals surface area contributed by atoms with Crippen LogP contribution in [0.15, 0.2) is 10.4 Å². The van der Waals surface area contributed by atoms with Gasteiger partial charge >= 0.3 is 0 Å². The molecule has 0 aliphatic carbocycles. The molecule has 1 aliphatic heterocycles. The van der Waals surface area contributed by atoms with Gasteiger partial charge in [0.15, 0.2) is 5.96 Å². The number of hydrogen-bond donors (Lipinski definition) is 2. The van der Waals surface area contributed by atoms with Crippen LogP contribution >= 0.6 is 35.3 Å². The minimum Gasteiger partial charge on any atom is -0.357 e. The fourth-order valence-corrected chi connectivity index (χ4v) is 3.41. The van der Waals surface area contributed by atoms with Gasteiger partial charge in [0, 0.05) is 64.5 Å². The molecule has 2 N–H and O–H groups in total. The number of nitrogens with zero attached hydrogens (tertiary/aromatic N) is 4. The van der Waals surface area contributed by atoms with Crippen molar-refractivity contribution in [2.45, 2.75) is 27.2 Å². The van der Waals surface area contributed by atoms with Crippen molar-refractivity contribution >= 4 is 47.2 Å². The SMILES string of the molecule is CCNC(=NCCN1CCN(C(C)=O)CC1)NCCc1csc(C)n1.I. The van der Waals surface area contributed by atoms with Gasteiger partial charge in [-0.25, -0.2) is 4.98 Å². The molecule has 7 nitrogen and oxygen atoms in total. The molecular formula is C17H31IN6OS. The van der Waals surface area contributed by atoms with Crippen molar-refractivity contribution in [3.05, 3.63) is 16.1 Å². The third-order valence-corrected chi connectivity index (χ3v) is 5.01. The Kier molecular flexibility index (Phi) is 11.1. The van der Waals surface area contributed by atoms with Gasteiger partial charge in [-0.15, -0.1) is 35.3 Å². The van der Waals surface area contributed by atoms with Crippen molar-refractivity contribution in [3.63, 3.8) is 0 Å². The van der Waals surface area contributed by atoms with Gasteiger partial charge in [0.1, 0.15) is 0 Å². The van der Waals surface area contributed by atoms with Gasteiger partial charge in [-0.2, -0.15) is 0 Å². The van der Waals surface area contributed by atoms with E-state index in [4.69, 9.17) is 0 Å². The van der Waals surface area contributed by atoms with E-state index in [0.29, 0.717) is 0 Å². The van der Waals surface area contributed by atoms with E-state index in [1.807, 2.05) is 11.8 Å². The molecule has 0 radical (unpaired) electrons. The van der Waals surface area contributed by atoms with Crippen molar-refractivity contribution in [3.8, 4) is 0 Å². The maximum absolute atomic E-state index is 11.4. The average Bonchev–Trinajstić information content (AvgIpc) is 3.00. The number of guanidine groups is 1. The van der Waals surface area contributed by atoms with Gasteiger partial charge in [0.2, 0.25) is 5.91 Å². The van der Waals surface area contributed by atoms with E-state index in [2.05, 4.69) is 37.8 Å². The van der Waals surface area contributed by atoms with Crippen LogP contribution in [0.4, 0.5) is 0 Å². The van der Waals surface area contributed by atoms with Crippen LogP contribution in [0.2, 0.25) is 0 Å². The van der Waals surface area contributed by atoms with Crippen LogP contribution < -0.4 is 10.6 Å². The van der Waals surface area contributed by atoms with Crippen LogP contribution in [0, 0.1) is 6.92 Å². The zero-order chi connectivity index (χ0) is 18.1. The Labute approximate surface area is 177 Å². The van der Waals surface area contributed by atoms with E-state index >= 15 is 0 Å². The summed E-state index contributed by atoms with van der Waals surface area (Å²) in [4.78, 5) is 24.8. The van der Waals surface area contributed by atoms with Crippen molar-refractivity contribution in [1.29, 1.82) is 0 Å². The second-order valence-corrected chi connectivity index (χ2v) is 7.21. The van der Waals surface area contributed by atoms with Gasteiger partial charge < -0.3 is 15.5 Å². The highest BCUT2D eigenvalue weighted by Crippen LogP contribution is 2.07. The number of piperazine rings is 1. The smallest absolute Gasteiger partial charge is 0.219 e. The van der Waals surface area contributed by atoms with Crippen molar-refractivity contribution in [1.82, 2.24) is 25.4 Å². The third-order valence-electron chi connectivity index (χ3n) is 4.19. The fraction of sp³-hybridized carbons (Fsp3) is 0.706. The summed E-state index contributed by atoms with van der Waals surface area (Å²) in [6.07, 6.45) is 0.905. The molecule has 1 fully saturated rings. The fourth-order valence-electron chi connectivity index (χ4n) is 2.76. The average molecular weight is 494 g/mol. The first kappa shape index (κ1) is 23.1. The maximum Gasteiger partial charge on any atom is 0.219 e. The lowest BCUT2D eigenvalue weighted by Crippen LogP contribution is -2.48. The molecule has 2 heterocycles. The largest absolute Gasteiger partial charge is 0.357 e. The molecule has 1 aromatic rings. The van der Waals surface area contributed by atoms with Gasteiger partial charge in [-0.1, -0.05) is 0 Å². The molecule has 1 amide bonds. The lowest BCUT2D eigenvalue weighted by atomic mass is 10.3. The summed E-state index contributed by atoms with van der Waals surface area (Å²) < 4.78 is 0. The molecule has 0 bridgehead atoms. The normalized spacial score (nSPS) is 15.5. The number of nitrogens with one attached hydrogen (secondary N) is 2. The Morgan fingerprint density at radius 2 is 2.04 bits per heavy atom. The topological polar surface area (TPSA) is 72.9 Å². The van der Waals surface area contributed by atoms with E-state index in [9.17, 15) is 4.79 Å². The van der Waals surface area contributed by atoms with E-state index in [1.54, 1.807) is 18.3 Å². The predicted molar refractivity (Wildman–Crippen MR) is 119 cm³/mol. The van der Waals surface area contributed by atoms with Crippen molar-refractivity contribution < 1.29 is 4.79 Å². The third kappa shape index (κ3) is 8.17. The first-order chi connectivity index (χ1) is 12.1. The highest BCUT2D eigenvalue weighted by atomic mass is 127. The van der Waals surface area contributed by atoms with Gasteiger partial charge in [0.05, 0.1) is 17.2 Å². The summed E-state index contributed by atoms with van der Waals surface area (Å²) >= 11 is 1.69. The number of halogens is 1. The number of carbonyl (C=O) groups excluding carboxylic acids is 1. The van der Waals surface area contributed by atoms with E-state index < -0.39 is 0 Å². The summed E-state index contributed by atoms with van der Waals surface area (Å²) in [5, 5.41) is 9.88. The monoisotopic (exact) mass is 494 g/mol. The summed E-state index contributed by atoms with van der Waals surface area (Å²) in [6.45, 7) is 12.6.